The highest BCUT2D eigenvalue weighted by atomic mass is 79.9. The molecule has 1 aromatic carbocycles. The Kier molecular flexibility index (Phi) is 4.49. The van der Waals surface area contributed by atoms with Crippen molar-refractivity contribution in [3.63, 3.8) is 0 Å². The first-order valence-electron chi connectivity index (χ1n) is 7.84. The maximum absolute atomic E-state index is 3.79. The van der Waals surface area contributed by atoms with Gasteiger partial charge in [-0.05, 0) is 56.8 Å². The van der Waals surface area contributed by atoms with E-state index in [0.717, 1.165) is 18.6 Å². The highest BCUT2D eigenvalue weighted by Crippen LogP contribution is 2.32. The lowest BCUT2D eigenvalue weighted by Gasteiger charge is -2.47. The maximum atomic E-state index is 3.79. The van der Waals surface area contributed by atoms with E-state index in [1.165, 1.54) is 47.7 Å². The van der Waals surface area contributed by atoms with Crippen LogP contribution in [0, 0.1) is 6.92 Å². The zero-order valence-corrected chi connectivity index (χ0v) is 14.1. The van der Waals surface area contributed by atoms with E-state index in [4.69, 9.17) is 0 Å². The molecule has 2 saturated heterocycles. The molecular formula is C17H25BrN2. The van der Waals surface area contributed by atoms with E-state index in [0.29, 0.717) is 6.04 Å². The largest absolute Gasteiger partial charge is 0.310 e. The van der Waals surface area contributed by atoms with Crippen LogP contribution >= 0.6 is 15.9 Å². The van der Waals surface area contributed by atoms with E-state index in [-0.39, 0.29) is 0 Å². The predicted octanol–water partition coefficient (Wildman–Crippen LogP) is 3.86. The molecule has 2 nitrogen and oxygen atoms in total. The van der Waals surface area contributed by atoms with Crippen molar-refractivity contribution in [2.45, 2.75) is 63.7 Å². The smallest absolute Gasteiger partial charge is 0.0208 e. The molecule has 0 aliphatic carbocycles. The van der Waals surface area contributed by atoms with Crippen LogP contribution < -0.4 is 5.32 Å². The molecule has 2 unspecified atom stereocenters. The third kappa shape index (κ3) is 3.10. The van der Waals surface area contributed by atoms with Gasteiger partial charge in [0.15, 0.2) is 0 Å². The molecule has 1 aromatic rings. The molecule has 2 aliphatic heterocycles. The van der Waals surface area contributed by atoms with Crippen LogP contribution in [0.2, 0.25) is 0 Å². The monoisotopic (exact) mass is 336 g/mol. The van der Waals surface area contributed by atoms with Gasteiger partial charge in [0, 0.05) is 29.1 Å². The van der Waals surface area contributed by atoms with Gasteiger partial charge >= 0.3 is 0 Å². The number of nitrogens with zero attached hydrogens (tertiary/aromatic N) is 1. The third-order valence-electron chi connectivity index (χ3n) is 5.16. The van der Waals surface area contributed by atoms with Crippen molar-refractivity contribution in [3.8, 4) is 0 Å². The Morgan fingerprint density at radius 3 is 2.60 bits per heavy atom. The summed E-state index contributed by atoms with van der Waals surface area (Å²) in [5, 5.41) is 3.79. The second kappa shape index (κ2) is 6.17. The van der Waals surface area contributed by atoms with E-state index in [2.05, 4.69) is 58.3 Å². The van der Waals surface area contributed by atoms with E-state index < -0.39 is 0 Å². The summed E-state index contributed by atoms with van der Waals surface area (Å²) in [5.41, 5.74) is 2.72. The number of fused-ring (bicyclic) bond motifs is 2. The minimum Gasteiger partial charge on any atom is -0.310 e. The van der Waals surface area contributed by atoms with Crippen molar-refractivity contribution >= 4 is 15.9 Å². The van der Waals surface area contributed by atoms with Crippen molar-refractivity contribution in [1.82, 2.24) is 10.2 Å². The molecular weight excluding hydrogens is 312 g/mol. The molecule has 2 atom stereocenters. The van der Waals surface area contributed by atoms with Gasteiger partial charge in [-0.1, -0.05) is 34.5 Å². The number of hydrogen-bond donors (Lipinski definition) is 1. The highest BCUT2D eigenvalue weighted by molar-refractivity contribution is 9.10. The summed E-state index contributed by atoms with van der Waals surface area (Å²) in [5.74, 6) is 0. The summed E-state index contributed by atoms with van der Waals surface area (Å²) < 4.78 is 1.20. The lowest BCUT2D eigenvalue weighted by molar-refractivity contribution is 0.0482. The topological polar surface area (TPSA) is 15.3 Å². The Bertz CT molecular complexity index is 460. The Morgan fingerprint density at radius 1 is 1.25 bits per heavy atom. The molecule has 2 heterocycles. The average molecular weight is 337 g/mol. The van der Waals surface area contributed by atoms with Crippen LogP contribution in [0.5, 0.6) is 0 Å². The Morgan fingerprint density at radius 2 is 1.95 bits per heavy atom. The number of hydrogen-bond acceptors (Lipinski definition) is 2. The van der Waals surface area contributed by atoms with Gasteiger partial charge in [-0.25, -0.2) is 0 Å². The molecule has 1 N–H and O–H groups in total. The minimum atomic E-state index is 0.699. The van der Waals surface area contributed by atoms with Crippen molar-refractivity contribution in [2.75, 3.05) is 7.05 Å². The lowest BCUT2D eigenvalue weighted by Crippen LogP contribution is -2.54. The van der Waals surface area contributed by atoms with Crippen LogP contribution in [-0.4, -0.2) is 30.1 Å². The summed E-state index contributed by atoms with van der Waals surface area (Å²) in [6.45, 7) is 3.16. The number of halogens is 1. The van der Waals surface area contributed by atoms with Crippen LogP contribution in [0.3, 0.4) is 0 Å². The first-order valence-corrected chi connectivity index (χ1v) is 8.63. The molecule has 2 bridgehead atoms. The lowest BCUT2D eigenvalue weighted by atomic mass is 9.82. The second-order valence-corrected chi connectivity index (χ2v) is 7.39. The van der Waals surface area contributed by atoms with Crippen molar-refractivity contribution in [3.05, 3.63) is 33.8 Å². The fourth-order valence-electron chi connectivity index (χ4n) is 3.86. The Labute approximate surface area is 131 Å². The molecule has 0 aromatic heterocycles. The molecule has 110 valence electrons. The average Bonchev–Trinajstić information content (AvgIpc) is 2.41. The van der Waals surface area contributed by atoms with Gasteiger partial charge in [0.2, 0.25) is 0 Å². The molecule has 0 spiro atoms. The molecule has 2 fully saturated rings. The van der Waals surface area contributed by atoms with Gasteiger partial charge in [-0.3, -0.25) is 0 Å². The maximum Gasteiger partial charge on any atom is 0.0208 e. The van der Waals surface area contributed by atoms with Crippen LogP contribution in [0.25, 0.3) is 0 Å². The number of nitrogens with one attached hydrogen (secondary N) is 1. The van der Waals surface area contributed by atoms with Crippen LogP contribution in [0.4, 0.5) is 0 Å². The van der Waals surface area contributed by atoms with Crippen LogP contribution in [0.15, 0.2) is 22.7 Å². The van der Waals surface area contributed by atoms with E-state index in [9.17, 15) is 0 Å². The third-order valence-corrected chi connectivity index (χ3v) is 6.05. The van der Waals surface area contributed by atoms with Crippen molar-refractivity contribution < 1.29 is 0 Å². The highest BCUT2D eigenvalue weighted by Gasteiger charge is 2.35. The molecule has 3 heteroatoms. The fraction of sp³-hybridized carbons (Fsp3) is 0.647. The van der Waals surface area contributed by atoms with Gasteiger partial charge in [-0.2, -0.15) is 0 Å². The fourth-order valence-corrected chi connectivity index (χ4v) is 4.11. The standard InChI is InChI=1S/C17H25BrN2/c1-12-8-13(6-7-17(12)18)11-19-14-9-15-4-3-5-16(10-14)20(15)2/h6-8,14-16,19H,3-5,9-11H2,1-2H3. The quantitative estimate of drug-likeness (QED) is 0.901. The number of benzene rings is 1. The molecule has 20 heavy (non-hydrogen) atoms. The number of rotatable bonds is 3. The zero-order chi connectivity index (χ0) is 14.1. The van der Waals surface area contributed by atoms with E-state index in [1.807, 2.05) is 0 Å². The first kappa shape index (κ1) is 14.6. The van der Waals surface area contributed by atoms with E-state index in [1.54, 1.807) is 0 Å². The molecule has 0 radical (unpaired) electrons. The van der Waals surface area contributed by atoms with Gasteiger partial charge in [0.25, 0.3) is 0 Å². The van der Waals surface area contributed by atoms with Crippen LogP contribution in [0.1, 0.15) is 43.2 Å². The zero-order valence-electron chi connectivity index (χ0n) is 12.5. The molecule has 0 amide bonds. The van der Waals surface area contributed by atoms with Gasteiger partial charge < -0.3 is 10.2 Å². The number of piperidine rings is 2. The summed E-state index contributed by atoms with van der Waals surface area (Å²) in [4.78, 5) is 2.63. The van der Waals surface area contributed by atoms with Crippen LogP contribution in [-0.2, 0) is 6.54 Å². The van der Waals surface area contributed by atoms with Crippen molar-refractivity contribution in [2.24, 2.45) is 0 Å². The Balaban J connectivity index is 1.57. The summed E-state index contributed by atoms with van der Waals surface area (Å²) in [7, 11) is 2.32. The van der Waals surface area contributed by atoms with Gasteiger partial charge in [-0.15, -0.1) is 0 Å². The molecule has 0 saturated carbocycles. The SMILES string of the molecule is Cc1cc(CNC2CC3CCCC(C2)N3C)ccc1Br. The number of aryl methyl sites for hydroxylation is 1. The van der Waals surface area contributed by atoms with Gasteiger partial charge in [0.1, 0.15) is 0 Å². The first-order chi connectivity index (χ1) is 9.63. The normalized spacial score (nSPS) is 30.4. The molecule has 2 aliphatic rings. The van der Waals surface area contributed by atoms with Crippen molar-refractivity contribution in [1.29, 1.82) is 0 Å². The predicted molar refractivity (Wildman–Crippen MR) is 87.9 cm³/mol. The summed E-state index contributed by atoms with van der Waals surface area (Å²) in [6, 6.07) is 8.99. The summed E-state index contributed by atoms with van der Waals surface area (Å²) >= 11 is 3.57. The molecule has 3 rings (SSSR count). The van der Waals surface area contributed by atoms with Gasteiger partial charge in [0.05, 0.1) is 0 Å². The second-order valence-electron chi connectivity index (χ2n) is 6.54. The minimum absolute atomic E-state index is 0.699. The van der Waals surface area contributed by atoms with E-state index >= 15 is 0 Å². The summed E-state index contributed by atoms with van der Waals surface area (Å²) in [6.07, 6.45) is 6.86. The Hall–Kier alpha value is -0.380.